The predicted molar refractivity (Wildman–Crippen MR) is 83.7 cm³/mol. The molecule has 7 heteroatoms. The number of nitrogens with zero attached hydrogens (tertiary/aromatic N) is 1. The van der Waals surface area contributed by atoms with Gasteiger partial charge in [-0.05, 0) is 18.6 Å². The number of esters is 1. The lowest BCUT2D eigenvalue weighted by Gasteiger charge is -2.20. The van der Waals surface area contributed by atoms with Gasteiger partial charge in [0.1, 0.15) is 12.4 Å². The molecule has 1 heterocycles. The lowest BCUT2D eigenvalue weighted by Crippen LogP contribution is -2.15. The molecule has 24 heavy (non-hydrogen) atoms. The SMILES string of the molecule is Cc1ccccc1C(=O)OCc1cc([N+](=O)[O-])cc2c1OCOC2. The van der Waals surface area contributed by atoms with Crippen LogP contribution in [0.15, 0.2) is 36.4 Å². The van der Waals surface area contributed by atoms with Crippen LogP contribution in [0.4, 0.5) is 5.69 Å². The van der Waals surface area contributed by atoms with Gasteiger partial charge in [-0.1, -0.05) is 18.2 Å². The minimum absolute atomic E-state index is 0.0591. The van der Waals surface area contributed by atoms with E-state index in [9.17, 15) is 14.9 Å². The van der Waals surface area contributed by atoms with Crippen molar-refractivity contribution in [3.8, 4) is 5.75 Å². The summed E-state index contributed by atoms with van der Waals surface area (Å²) in [5, 5.41) is 11.1. The number of hydrogen-bond acceptors (Lipinski definition) is 6. The first kappa shape index (κ1) is 15.9. The standard InChI is InChI=1S/C17H15NO6/c1-11-4-2-3-5-15(11)17(19)23-9-13-7-14(18(20)21)6-12-8-22-10-24-16(12)13/h2-7H,8-10H2,1H3. The normalized spacial score (nSPS) is 12.9. The van der Waals surface area contributed by atoms with Crippen molar-refractivity contribution in [3.05, 3.63) is 68.8 Å². The highest BCUT2D eigenvalue weighted by atomic mass is 16.7. The molecule has 3 rings (SSSR count). The van der Waals surface area contributed by atoms with Crippen LogP contribution in [0, 0.1) is 17.0 Å². The molecule has 0 bridgehead atoms. The molecular weight excluding hydrogens is 314 g/mol. The van der Waals surface area contributed by atoms with Crippen molar-refractivity contribution in [2.75, 3.05) is 6.79 Å². The molecule has 0 aromatic heterocycles. The van der Waals surface area contributed by atoms with Crippen LogP contribution in [0.25, 0.3) is 0 Å². The number of benzene rings is 2. The fraction of sp³-hybridized carbons (Fsp3) is 0.235. The average Bonchev–Trinajstić information content (AvgIpc) is 2.59. The Labute approximate surface area is 137 Å². The predicted octanol–water partition coefficient (Wildman–Crippen LogP) is 3.13. The molecule has 124 valence electrons. The van der Waals surface area contributed by atoms with Crippen molar-refractivity contribution >= 4 is 11.7 Å². The minimum atomic E-state index is -0.498. The summed E-state index contributed by atoms with van der Waals surface area (Å²) in [6.45, 7) is 1.97. The first-order valence-electron chi connectivity index (χ1n) is 7.29. The number of rotatable bonds is 4. The molecular formula is C17H15NO6. The number of nitro benzene ring substituents is 1. The molecule has 2 aromatic carbocycles. The zero-order chi connectivity index (χ0) is 17.1. The molecule has 0 amide bonds. The van der Waals surface area contributed by atoms with Crippen molar-refractivity contribution in [1.29, 1.82) is 0 Å². The number of nitro groups is 1. The van der Waals surface area contributed by atoms with Gasteiger partial charge in [0.15, 0.2) is 6.79 Å². The molecule has 1 aliphatic rings. The Morgan fingerprint density at radius 3 is 2.88 bits per heavy atom. The van der Waals surface area contributed by atoms with E-state index in [-0.39, 0.29) is 25.7 Å². The Kier molecular flexibility index (Phi) is 4.43. The van der Waals surface area contributed by atoms with Gasteiger partial charge in [0.25, 0.3) is 5.69 Å². The van der Waals surface area contributed by atoms with Crippen molar-refractivity contribution in [2.45, 2.75) is 20.1 Å². The molecule has 2 aromatic rings. The maximum Gasteiger partial charge on any atom is 0.338 e. The van der Waals surface area contributed by atoms with E-state index in [1.54, 1.807) is 12.1 Å². The van der Waals surface area contributed by atoms with Gasteiger partial charge in [0.05, 0.1) is 17.1 Å². The lowest BCUT2D eigenvalue weighted by atomic mass is 10.1. The molecule has 1 aliphatic heterocycles. The maximum atomic E-state index is 12.2. The second kappa shape index (κ2) is 6.67. The van der Waals surface area contributed by atoms with E-state index in [1.807, 2.05) is 19.1 Å². The highest BCUT2D eigenvalue weighted by Gasteiger charge is 2.22. The van der Waals surface area contributed by atoms with E-state index in [2.05, 4.69) is 0 Å². The van der Waals surface area contributed by atoms with Crippen molar-refractivity contribution < 1.29 is 23.9 Å². The Morgan fingerprint density at radius 1 is 1.33 bits per heavy atom. The summed E-state index contributed by atoms with van der Waals surface area (Å²) in [7, 11) is 0. The fourth-order valence-corrected chi connectivity index (χ4v) is 2.52. The largest absolute Gasteiger partial charge is 0.467 e. The zero-order valence-electron chi connectivity index (χ0n) is 13.0. The third kappa shape index (κ3) is 3.21. The fourth-order valence-electron chi connectivity index (χ4n) is 2.52. The second-order valence-electron chi connectivity index (χ2n) is 5.35. The van der Waals surface area contributed by atoms with Gasteiger partial charge in [-0.3, -0.25) is 10.1 Å². The van der Waals surface area contributed by atoms with Crippen LogP contribution in [0.5, 0.6) is 5.75 Å². The molecule has 0 saturated heterocycles. The van der Waals surface area contributed by atoms with Crippen LogP contribution in [0.3, 0.4) is 0 Å². The first-order valence-corrected chi connectivity index (χ1v) is 7.29. The molecule has 7 nitrogen and oxygen atoms in total. The monoisotopic (exact) mass is 329 g/mol. The van der Waals surface area contributed by atoms with Crippen molar-refractivity contribution in [1.82, 2.24) is 0 Å². The van der Waals surface area contributed by atoms with E-state index < -0.39 is 10.9 Å². The summed E-state index contributed by atoms with van der Waals surface area (Å²) in [5.41, 5.74) is 2.18. The Bertz CT molecular complexity index is 802. The van der Waals surface area contributed by atoms with E-state index in [0.717, 1.165) is 5.56 Å². The van der Waals surface area contributed by atoms with Gasteiger partial charge in [-0.2, -0.15) is 0 Å². The number of fused-ring (bicyclic) bond motifs is 1. The van der Waals surface area contributed by atoms with Crippen LogP contribution < -0.4 is 4.74 Å². The number of ether oxygens (including phenoxy) is 3. The van der Waals surface area contributed by atoms with Gasteiger partial charge in [-0.25, -0.2) is 4.79 Å². The molecule has 0 unspecified atom stereocenters. The van der Waals surface area contributed by atoms with Gasteiger partial charge >= 0.3 is 5.97 Å². The smallest absolute Gasteiger partial charge is 0.338 e. The lowest BCUT2D eigenvalue weighted by molar-refractivity contribution is -0.385. The van der Waals surface area contributed by atoms with Crippen LogP contribution in [-0.2, 0) is 22.7 Å². The number of aryl methyl sites for hydroxylation is 1. The summed E-state index contributed by atoms with van der Waals surface area (Å²) in [6.07, 6.45) is 0. The topological polar surface area (TPSA) is 87.9 Å². The van der Waals surface area contributed by atoms with Crippen LogP contribution in [0.2, 0.25) is 0 Å². The Morgan fingerprint density at radius 2 is 2.12 bits per heavy atom. The molecule has 0 radical (unpaired) electrons. The number of carbonyl (C=O) groups is 1. The van der Waals surface area contributed by atoms with E-state index in [1.165, 1.54) is 12.1 Å². The zero-order valence-corrected chi connectivity index (χ0v) is 13.0. The van der Waals surface area contributed by atoms with E-state index in [4.69, 9.17) is 14.2 Å². The van der Waals surface area contributed by atoms with Gasteiger partial charge in [0.2, 0.25) is 0 Å². The van der Waals surface area contributed by atoms with E-state index in [0.29, 0.717) is 22.4 Å². The first-order chi connectivity index (χ1) is 11.6. The second-order valence-corrected chi connectivity index (χ2v) is 5.35. The average molecular weight is 329 g/mol. The summed E-state index contributed by atoms with van der Waals surface area (Å²) in [5.74, 6) is -0.00940. The summed E-state index contributed by atoms with van der Waals surface area (Å²) < 4.78 is 15.9. The van der Waals surface area contributed by atoms with Crippen LogP contribution in [0.1, 0.15) is 27.0 Å². The number of non-ortho nitro benzene ring substituents is 1. The molecule has 0 N–H and O–H groups in total. The van der Waals surface area contributed by atoms with Crippen molar-refractivity contribution in [3.63, 3.8) is 0 Å². The molecule has 0 atom stereocenters. The highest BCUT2D eigenvalue weighted by Crippen LogP contribution is 2.33. The van der Waals surface area contributed by atoms with Gasteiger partial charge in [-0.15, -0.1) is 0 Å². The quantitative estimate of drug-likeness (QED) is 0.486. The summed E-state index contributed by atoms with van der Waals surface area (Å²) in [6, 6.07) is 9.82. The van der Waals surface area contributed by atoms with Gasteiger partial charge in [0, 0.05) is 23.3 Å². The summed E-state index contributed by atoms with van der Waals surface area (Å²) >= 11 is 0. The van der Waals surface area contributed by atoms with Crippen LogP contribution in [-0.4, -0.2) is 17.7 Å². The number of hydrogen-bond donors (Lipinski definition) is 0. The molecule has 0 aliphatic carbocycles. The maximum absolute atomic E-state index is 12.2. The molecule has 0 saturated carbocycles. The van der Waals surface area contributed by atoms with Crippen molar-refractivity contribution in [2.24, 2.45) is 0 Å². The molecule has 0 fully saturated rings. The van der Waals surface area contributed by atoms with E-state index >= 15 is 0 Å². The highest BCUT2D eigenvalue weighted by molar-refractivity contribution is 5.90. The Hall–Kier alpha value is -2.93. The Balaban J connectivity index is 1.84. The minimum Gasteiger partial charge on any atom is -0.467 e. The third-order valence-electron chi connectivity index (χ3n) is 3.71. The summed E-state index contributed by atoms with van der Waals surface area (Å²) in [4.78, 5) is 22.8. The van der Waals surface area contributed by atoms with Crippen LogP contribution >= 0.6 is 0 Å². The number of carbonyl (C=O) groups excluding carboxylic acids is 1. The van der Waals surface area contributed by atoms with Gasteiger partial charge < -0.3 is 14.2 Å². The molecule has 0 spiro atoms. The third-order valence-corrected chi connectivity index (χ3v) is 3.71.